The molecule has 1 aromatic rings. The van der Waals surface area contributed by atoms with Crippen LogP contribution in [0.2, 0.25) is 0 Å². The summed E-state index contributed by atoms with van der Waals surface area (Å²) in [5.74, 6) is 0. The van der Waals surface area contributed by atoms with E-state index in [1.54, 1.807) is 0 Å². The number of aromatic nitrogens is 1. The van der Waals surface area contributed by atoms with Crippen molar-refractivity contribution in [1.82, 2.24) is 19.7 Å². The highest BCUT2D eigenvalue weighted by Gasteiger charge is 2.34. The Labute approximate surface area is 143 Å². The summed E-state index contributed by atoms with van der Waals surface area (Å²) in [6.07, 6.45) is 0.995. The number of fused-ring (bicyclic) bond motifs is 1. The maximum atomic E-state index is 5.52. The van der Waals surface area contributed by atoms with Crippen molar-refractivity contribution < 1.29 is 4.74 Å². The van der Waals surface area contributed by atoms with E-state index in [1.165, 1.54) is 54.8 Å². The second-order valence-corrected chi connectivity index (χ2v) is 8.46. The highest BCUT2D eigenvalue weighted by atomic mass is 32.1. The summed E-state index contributed by atoms with van der Waals surface area (Å²) in [6.45, 7) is 14.6. The standard InChI is InChI=1S/C17H28N4OS/c1-13(2)20-4-6-21(7-5-20)14-9-19(10-14)11-17-18-15-3-8-22-12-16(15)23-17/h13-14H,3-12H2,1-2H3. The second kappa shape index (κ2) is 6.76. The van der Waals surface area contributed by atoms with E-state index in [4.69, 9.17) is 9.72 Å². The quantitative estimate of drug-likeness (QED) is 0.830. The van der Waals surface area contributed by atoms with E-state index in [9.17, 15) is 0 Å². The fourth-order valence-electron chi connectivity index (χ4n) is 3.86. The van der Waals surface area contributed by atoms with Gasteiger partial charge in [-0.15, -0.1) is 11.3 Å². The lowest BCUT2D eigenvalue weighted by Crippen LogP contribution is -2.63. The molecule has 23 heavy (non-hydrogen) atoms. The lowest BCUT2D eigenvalue weighted by Gasteiger charge is -2.48. The van der Waals surface area contributed by atoms with Gasteiger partial charge in [0.15, 0.2) is 0 Å². The molecule has 2 saturated heterocycles. The van der Waals surface area contributed by atoms with E-state index in [0.717, 1.165) is 32.2 Å². The van der Waals surface area contributed by atoms with Crippen LogP contribution in [-0.2, 0) is 24.3 Å². The predicted octanol–water partition coefficient (Wildman–Crippen LogP) is 1.43. The molecular weight excluding hydrogens is 308 g/mol. The molecule has 0 spiro atoms. The third-order valence-electron chi connectivity index (χ3n) is 5.43. The van der Waals surface area contributed by atoms with Crippen molar-refractivity contribution in [3.05, 3.63) is 15.6 Å². The molecule has 0 N–H and O–H groups in total. The molecule has 0 unspecified atom stereocenters. The maximum absolute atomic E-state index is 5.52. The van der Waals surface area contributed by atoms with Crippen molar-refractivity contribution in [2.45, 2.75) is 45.5 Å². The number of piperazine rings is 1. The third-order valence-corrected chi connectivity index (χ3v) is 6.49. The Hall–Kier alpha value is -0.530. The molecule has 4 heterocycles. The molecule has 0 amide bonds. The van der Waals surface area contributed by atoms with Crippen LogP contribution in [0, 0.1) is 0 Å². The Morgan fingerprint density at radius 3 is 2.70 bits per heavy atom. The molecule has 2 fully saturated rings. The zero-order chi connectivity index (χ0) is 15.8. The molecular formula is C17H28N4OS. The number of hydrogen-bond acceptors (Lipinski definition) is 6. The van der Waals surface area contributed by atoms with Gasteiger partial charge in [-0.1, -0.05) is 0 Å². The van der Waals surface area contributed by atoms with E-state index in [1.807, 2.05) is 11.3 Å². The molecule has 3 aliphatic rings. The second-order valence-electron chi connectivity index (χ2n) is 7.29. The largest absolute Gasteiger partial charge is 0.375 e. The monoisotopic (exact) mass is 336 g/mol. The molecule has 0 bridgehead atoms. The minimum Gasteiger partial charge on any atom is -0.375 e. The van der Waals surface area contributed by atoms with Crippen molar-refractivity contribution in [3.63, 3.8) is 0 Å². The highest BCUT2D eigenvalue weighted by molar-refractivity contribution is 7.11. The first-order valence-electron chi connectivity index (χ1n) is 8.94. The summed E-state index contributed by atoms with van der Waals surface area (Å²) in [5.41, 5.74) is 1.29. The molecule has 128 valence electrons. The molecule has 3 aliphatic heterocycles. The molecule has 0 aromatic carbocycles. The maximum Gasteiger partial charge on any atom is 0.107 e. The van der Waals surface area contributed by atoms with Gasteiger partial charge >= 0.3 is 0 Å². The summed E-state index contributed by atoms with van der Waals surface area (Å²) in [4.78, 5) is 14.0. The molecule has 0 saturated carbocycles. The average Bonchev–Trinajstić information content (AvgIpc) is 2.93. The summed E-state index contributed by atoms with van der Waals surface area (Å²) in [5, 5.41) is 1.28. The van der Waals surface area contributed by atoms with E-state index in [0.29, 0.717) is 6.04 Å². The SMILES string of the molecule is CC(C)N1CCN(C2CN(Cc3nc4c(s3)COCC4)C2)CC1. The van der Waals surface area contributed by atoms with Crippen LogP contribution >= 0.6 is 11.3 Å². The normalized spacial score (nSPS) is 24.8. The number of likely N-dealkylation sites (tertiary alicyclic amines) is 1. The fourth-order valence-corrected chi connectivity index (χ4v) is 4.95. The Balaban J connectivity index is 1.23. The molecule has 6 heteroatoms. The summed E-state index contributed by atoms with van der Waals surface area (Å²) in [7, 11) is 0. The van der Waals surface area contributed by atoms with Crippen LogP contribution in [0.5, 0.6) is 0 Å². The van der Waals surface area contributed by atoms with E-state index >= 15 is 0 Å². The summed E-state index contributed by atoms with van der Waals surface area (Å²) in [6, 6.07) is 1.46. The topological polar surface area (TPSA) is 31.8 Å². The molecule has 0 radical (unpaired) electrons. The molecule has 5 nitrogen and oxygen atoms in total. The van der Waals surface area contributed by atoms with Gasteiger partial charge in [0.1, 0.15) is 5.01 Å². The fraction of sp³-hybridized carbons (Fsp3) is 0.824. The molecule has 0 aliphatic carbocycles. The number of ether oxygens (including phenoxy) is 1. The van der Waals surface area contributed by atoms with Crippen molar-refractivity contribution in [3.8, 4) is 0 Å². The number of thiazole rings is 1. The van der Waals surface area contributed by atoms with Gasteiger partial charge in [0.2, 0.25) is 0 Å². The van der Waals surface area contributed by atoms with Crippen LogP contribution in [0.3, 0.4) is 0 Å². The van der Waals surface area contributed by atoms with Crippen molar-refractivity contribution in [2.24, 2.45) is 0 Å². The average molecular weight is 337 g/mol. The zero-order valence-corrected chi connectivity index (χ0v) is 15.1. The highest BCUT2D eigenvalue weighted by Crippen LogP contribution is 2.26. The van der Waals surface area contributed by atoms with Crippen LogP contribution in [0.4, 0.5) is 0 Å². The Morgan fingerprint density at radius 1 is 1.22 bits per heavy atom. The van der Waals surface area contributed by atoms with Crippen LogP contribution < -0.4 is 0 Å². The van der Waals surface area contributed by atoms with Crippen molar-refractivity contribution >= 4 is 11.3 Å². The number of nitrogens with zero attached hydrogens (tertiary/aromatic N) is 4. The number of rotatable bonds is 4. The summed E-state index contributed by atoms with van der Waals surface area (Å²) >= 11 is 1.86. The van der Waals surface area contributed by atoms with Gasteiger partial charge < -0.3 is 4.74 Å². The van der Waals surface area contributed by atoms with Crippen LogP contribution in [-0.4, -0.2) is 77.6 Å². The van der Waals surface area contributed by atoms with Gasteiger partial charge in [-0.3, -0.25) is 14.7 Å². The minimum absolute atomic E-state index is 0.690. The van der Waals surface area contributed by atoms with Crippen LogP contribution in [0.25, 0.3) is 0 Å². The van der Waals surface area contributed by atoms with Gasteiger partial charge in [-0.05, 0) is 13.8 Å². The number of hydrogen-bond donors (Lipinski definition) is 0. The van der Waals surface area contributed by atoms with Gasteiger partial charge in [-0.2, -0.15) is 0 Å². The molecule has 4 rings (SSSR count). The lowest BCUT2D eigenvalue weighted by atomic mass is 10.1. The first kappa shape index (κ1) is 16.0. The van der Waals surface area contributed by atoms with Crippen LogP contribution in [0.15, 0.2) is 0 Å². The van der Waals surface area contributed by atoms with Crippen molar-refractivity contribution in [2.75, 3.05) is 45.9 Å². The van der Waals surface area contributed by atoms with E-state index < -0.39 is 0 Å². The summed E-state index contributed by atoms with van der Waals surface area (Å²) < 4.78 is 5.52. The van der Waals surface area contributed by atoms with Gasteiger partial charge in [0, 0.05) is 57.8 Å². The van der Waals surface area contributed by atoms with E-state index in [2.05, 4.69) is 28.5 Å². The van der Waals surface area contributed by atoms with Crippen molar-refractivity contribution in [1.29, 1.82) is 0 Å². The van der Waals surface area contributed by atoms with E-state index in [-0.39, 0.29) is 0 Å². The first-order chi connectivity index (χ1) is 11.2. The Morgan fingerprint density at radius 2 is 2.00 bits per heavy atom. The molecule has 1 aromatic heterocycles. The Bertz CT molecular complexity index is 509. The third kappa shape index (κ3) is 3.46. The first-order valence-corrected chi connectivity index (χ1v) is 9.76. The molecule has 0 atom stereocenters. The predicted molar refractivity (Wildman–Crippen MR) is 92.8 cm³/mol. The Kier molecular flexibility index (Phi) is 4.70. The van der Waals surface area contributed by atoms with Crippen LogP contribution in [0.1, 0.15) is 29.4 Å². The van der Waals surface area contributed by atoms with Gasteiger partial charge in [0.05, 0.1) is 30.3 Å². The van der Waals surface area contributed by atoms with Gasteiger partial charge in [0.25, 0.3) is 0 Å². The minimum atomic E-state index is 0.690. The van der Waals surface area contributed by atoms with Gasteiger partial charge in [-0.25, -0.2) is 4.98 Å². The smallest absolute Gasteiger partial charge is 0.107 e. The zero-order valence-electron chi connectivity index (χ0n) is 14.3. The lowest BCUT2D eigenvalue weighted by molar-refractivity contribution is -0.00416.